The molecule has 1 aromatic carbocycles. The number of carbonyl (C=O) groups excluding carboxylic acids is 3. The van der Waals surface area contributed by atoms with Crippen molar-refractivity contribution in [3.8, 4) is 0 Å². The molecule has 1 aromatic rings. The number of urea groups is 1. The van der Waals surface area contributed by atoms with E-state index in [1.54, 1.807) is 34.9 Å². The molecule has 164 valence electrons. The van der Waals surface area contributed by atoms with E-state index in [0.29, 0.717) is 61.3 Å². The van der Waals surface area contributed by atoms with E-state index in [2.05, 4.69) is 5.32 Å². The first kappa shape index (κ1) is 22.6. The number of nitrogens with zero attached hydrogens (tertiary/aromatic N) is 3. The number of hydrogen-bond donors (Lipinski definition) is 1. The predicted molar refractivity (Wildman–Crippen MR) is 114 cm³/mol. The third kappa shape index (κ3) is 5.35. The summed E-state index contributed by atoms with van der Waals surface area (Å²) < 4.78 is 13.2. The van der Waals surface area contributed by atoms with Gasteiger partial charge in [-0.05, 0) is 38.0 Å². The highest BCUT2D eigenvalue weighted by Crippen LogP contribution is 2.25. The van der Waals surface area contributed by atoms with E-state index in [0.717, 1.165) is 0 Å². The number of carbonyl (C=O) groups is 3. The largest absolute Gasteiger partial charge is 0.342 e. The molecule has 7 nitrogen and oxygen atoms in total. The van der Waals surface area contributed by atoms with Gasteiger partial charge in [0.15, 0.2) is 0 Å². The van der Waals surface area contributed by atoms with E-state index in [1.165, 1.54) is 4.90 Å². The zero-order valence-electron chi connectivity index (χ0n) is 16.7. The molecule has 0 aromatic heterocycles. The summed E-state index contributed by atoms with van der Waals surface area (Å²) in [4.78, 5) is 42.4. The molecular weight excluding hydrogens is 434 g/mol. The smallest absolute Gasteiger partial charge is 0.322 e. The number of piperidine rings is 1. The molecular formula is C20H25Cl2FN4O3. The van der Waals surface area contributed by atoms with E-state index in [4.69, 9.17) is 23.2 Å². The molecule has 0 spiro atoms. The van der Waals surface area contributed by atoms with E-state index in [9.17, 15) is 18.8 Å². The average Bonchev–Trinajstić information content (AvgIpc) is 2.72. The zero-order valence-corrected chi connectivity index (χ0v) is 18.3. The Kier molecular flexibility index (Phi) is 7.41. The summed E-state index contributed by atoms with van der Waals surface area (Å²) >= 11 is 11.9. The lowest BCUT2D eigenvalue weighted by Crippen LogP contribution is -2.58. The minimum Gasteiger partial charge on any atom is -0.342 e. The van der Waals surface area contributed by atoms with Gasteiger partial charge in [-0.3, -0.25) is 9.59 Å². The first-order valence-electron chi connectivity index (χ1n) is 9.99. The lowest BCUT2D eigenvalue weighted by molar-refractivity contribution is -0.140. The number of amides is 4. The van der Waals surface area contributed by atoms with Crippen LogP contribution in [-0.2, 0) is 9.59 Å². The van der Waals surface area contributed by atoms with Crippen molar-refractivity contribution in [2.75, 3.05) is 38.0 Å². The Labute approximate surface area is 185 Å². The first-order chi connectivity index (χ1) is 14.3. The third-order valence-electron chi connectivity index (χ3n) is 5.55. The van der Waals surface area contributed by atoms with Gasteiger partial charge < -0.3 is 20.0 Å². The standard InChI is InChI=1S/C20H25Cl2FN4O3/c1-13-19(29)26(9-6-18(28)25-7-4-14(23)5-8-25)10-11-27(13)20(30)24-15-2-3-16(21)17(22)12-15/h2-3,12-14H,4-11H2,1H3,(H,24,30). The molecule has 4 amide bonds. The minimum absolute atomic E-state index is 0.0675. The fourth-order valence-electron chi connectivity index (χ4n) is 3.68. The quantitative estimate of drug-likeness (QED) is 0.750. The molecule has 2 heterocycles. The van der Waals surface area contributed by atoms with Crippen LogP contribution in [0.1, 0.15) is 26.2 Å². The maximum absolute atomic E-state index is 13.2. The van der Waals surface area contributed by atoms with E-state index in [1.807, 2.05) is 0 Å². The Bertz CT molecular complexity index is 817. The molecule has 1 N–H and O–H groups in total. The van der Waals surface area contributed by atoms with Crippen molar-refractivity contribution in [1.29, 1.82) is 0 Å². The molecule has 3 rings (SSSR count). The first-order valence-corrected chi connectivity index (χ1v) is 10.7. The third-order valence-corrected chi connectivity index (χ3v) is 6.29. The number of hydrogen-bond acceptors (Lipinski definition) is 3. The molecule has 2 aliphatic heterocycles. The van der Waals surface area contributed by atoms with Crippen LogP contribution in [0.4, 0.5) is 14.9 Å². The highest BCUT2D eigenvalue weighted by atomic mass is 35.5. The van der Waals surface area contributed by atoms with Crippen LogP contribution in [0.2, 0.25) is 10.0 Å². The van der Waals surface area contributed by atoms with Crippen LogP contribution < -0.4 is 5.32 Å². The van der Waals surface area contributed by atoms with Crippen molar-refractivity contribution in [2.24, 2.45) is 0 Å². The van der Waals surface area contributed by atoms with Gasteiger partial charge in [0.2, 0.25) is 11.8 Å². The van der Waals surface area contributed by atoms with Gasteiger partial charge >= 0.3 is 6.03 Å². The minimum atomic E-state index is -0.834. The van der Waals surface area contributed by atoms with Crippen molar-refractivity contribution < 1.29 is 18.8 Å². The number of nitrogens with one attached hydrogen (secondary N) is 1. The molecule has 0 aliphatic carbocycles. The number of likely N-dealkylation sites (tertiary alicyclic amines) is 1. The second-order valence-corrected chi connectivity index (χ2v) is 8.37. The van der Waals surface area contributed by atoms with Crippen LogP contribution in [0.25, 0.3) is 0 Å². The second kappa shape index (κ2) is 9.83. The molecule has 0 radical (unpaired) electrons. The van der Waals surface area contributed by atoms with E-state index < -0.39 is 18.2 Å². The normalized spacial score (nSPS) is 20.5. The summed E-state index contributed by atoms with van der Waals surface area (Å²) in [6.45, 7) is 3.50. The molecule has 30 heavy (non-hydrogen) atoms. The van der Waals surface area contributed by atoms with Crippen LogP contribution >= 0.6 is 23.2 Å². The summed E-state index contributed by atoms with van der Waals surface area (Å²) in [7, 11) is 0. The van der Waals surface area contributed by atoms with Crippen LogP contribution in [0.15, 0.2) is 18.2 Å². The van der Waals surface area contributed by atoms with Crippen molar-refractivity contribution in [3.63, 3.8) is 0 Å². The molecule has 1 unspecified atom stereocenters. The lowest BCUT2D eigenvalue weighted by Gasteiger charge is -2.39. The highest BCUT2D eigenvalue weighted by Gasteiger charge is 2.34. The number of benzene rings is 1. The van der Waals surface area contributed by atoms with Crippen molar-refractivity contribution >= 4 is 46.7 Å². The Balaban J connectivity index is 1.50. The van der Waals surface area contributed by atoms with Crippen LogP contribution in [-0.4, -0.2) is 77.5 Å². The summed E-state index contributed by atoms with van der Waals surface area (Å²) in [5.41, 5.74) is 0.485. The van der Waals surface area contributed by atoms with Gasteiger partial charge in [0, 0.05) is 44.8 Å². The maximum Gasteiger partial charge on any atom is 0.322 e. The van der Waals surface area contributed by atoms with Gasteiger partial charge in [-0.2, -0.15) is 0 Å². The fourth-order valence-corrected chi connectivity index (χ4v) is 3.98. The average molecular weight is 459 g/mol. The Morgan fingerprint density at radius 2 is 1.83 bits per heavy atom. The lowest BCUT2D eigenvalue weighted by atomic mass is 10.1. The van der Waals surface area contributed by atoms with Gasteiger partial charge in [-0.15, -0.1) is 0 Å². The number of alkyl halides is 1. The number of halogens is 3. The summed E-state index contributed by atoms with van der Waals surface area (Å²) in [5, 5.41) is 3.43. The van der Waals surface area contributed by atoms with Gasteiger partial charge in [-0.25, -0.2) is 9.18 Å². The van der Waals surface area contributed by atoms with Gasteiger partial charge in [-0.1, -0.05) is 23.2 Å². The molecule has 0 bridgehead atoms. The molecule has 1 atom stereocenters. The van der Waals surface area contributed by atoms with Crippen LogP contribution in [0.5, 0.6) is 0 Å². The number of piperazine rings is 1. The second-order valence-electron chi connectivity index (χ2n) is 7.56. The fraction of sp³-hybridized carbons (Fsp3) is 0.550. The molecule has 2 saturated heterocycles. The molecule has 2 aliphatic rings. The van der Waals surface area contributed by atoms with Crippen LogP contribution in [0, 0.1) is 0 Å². The molecule has 2 fully saturated rings. The monoisotopic (exact) mass is 458 g/mol. The van der Waals surface area contributed by atoms with E-state index >= 15 is 0 Å². The zero-order chi connectivity index (χ0) is 21.8. The number of rotatable bonds is 4. The summed E-state index contributed by atoms with van der Waals surface area (Å²) in [6.07, 6.45) is 0.104. The molecule has 10 heteroatoms. The van der Waals surface area contributed by atoms with Crippen LogP contribution in [0.3, 0.4) is 0 Å². The Hall–Kier alpha value is -2.06. The Morgan fingerprint density at radius 1 is 1.13 bits per heavy atom. The van der Waals surface area contributed by atoms with Crippen molar-refractivity contribution in [2.45, 2.75) is 38.4 Å². The SMILES string of the molecule is CC1C(=O)N(CCC(=O)N2CCC(F)CC2)CCN1C(=O)Nc1ccc(Cl)c(Cl)c1. The van der Waals surface area contributed by atoms with Gasteiger partial charge in [0.05, 0.1) is 10.0 Å². The topological polar surface area (TPSA) is 73.0 Å². The van der Waals surface area contributed by atoms with Crippen molar-refractivity contribution in [3.05, 3.63) is 28.2 Å². The van der Waals surface area contributed by atoms with Crippen molar-refractivity contribution in [1.82, 2.24) is 14.7 Å². The maximum atomic E-state index is 13.2. The molecule has 0 saturated carbocycles. The summed E-state index contributed by atoms with van der Waals surface area (Å²) in [6, 6.07) is 3.70. The van der Waals surface area contributed by atoms with E-state index in [-0.39, 0.29) is 18.2 Å². The number of anilines is 1. The van der Waals surface area contributed by atoms with Gasteiger partial charge in [0.25, 0.3) is 0 Å². The highest BCUT2D eigenvalue weighted by molar-refractivity contribution is 6.42. The summed E-state index contributed by atoms with van der Waals surface area (Å²) in [5.74, 6) is -0.275. The Morgan fingerprint density at radius 3 is 2.50 bits per heavy atom. The predicted octanol–water partition coefficient (Wildman–Crippen LogP) is 3.41. The van der Waals surface area contributed by atoms with Gasteiger partial charge in [0.1, 0.15) is 12.2 Å².